The van der Waals surface area contributed by atoms with E-state index in [0.29, 0.717) is 6.10 Å². The minimum absolute atomic E-state index is 0.263. The second-order valence-corrected chi connectivity index (χ2v) is 3.94. The number of hydrogen-bond donors (Lipinski definition) is 0. The first-order valence-corrected chi connectivity index (χ1v) is 4.92. The molecule has 1 nitrogen and oxygen atoms in total. The summed E-state index contributed by atoms with van der Waals surface area (Å²) < 4.78 is 5.77. The minimum atomic E-state index is 0.263. The van der Waals surface area contributed by atoms with Crippen molar-refractivity contribution in [2.75, 3.05) is 0 Å². The highest BCUT2D eigenvalue weighted by molar-refractivity contribution is 5.37. The van der Waals surface area contributed by atoms with E-state index in [1.165, 1.54) is 16.7 Å². The second kappa shape index (κ2) is 3.15. The predicted octanol–water partition coefficient (Wildman–Crippen LogP) is 3.02. The Morgan fingerprint density at radius 2 is 2.08 bits per heavy atom. The highest BCUT2D eigenvalue weighted by atomic mass is 16.5. The molecule has 0 fully saturated rings. The zero-order valence-electron chi connectivity index (χ0n) is 8.50. The summed E-state index contributed by atoms with van der Waals surface area (Å²) in [6.07, 6.45) is 1.69. The van der Waals surface area contributed by atoms with Crippen LogP contribution < -0.4 is 0 Å². The first kappa shape index (κ1) is 8.76. The van der Waals surface area contributed by atoms with Crippen LogP contribution in [0.5, 0.6) is 0 Å². The van der Waals surface area contributed by atoms with Crippen LogP contribution >= 0.6 is 0 Å². The van der Waals surface area contributed by atoms with Crippen molar-refractivity contribution in [3.8, 4) is 0 Å². The first-order chi connectivity index (χ1) is 6.18. The molecular weight excluding hydrogens is 160 g/mol. The molecule has 1 aliphatic rings. The van der Waals surface area contributed by atoms with Gasteiger partial charge in [-0.1, -0.05) is 18.2 Å². The van der Waals surface area contributed by atoms with Crippen molar-refractivity contribution in [2.45, 2.75) is 39.4 Å². The summed E-state index contributed by atoms with van der Waals surface area (Å²) in [6.45, 7) is 6.46. The third-order valence-electron chi connectivity index (χ3n) is 2.81. The van der Waals surface area contributed by atoms with E-state index >= 15 is 0 Å². The third kappa shape index (κ3) is 1.49. The van der Waals surface area contributed by atoms with Gasteiger partial charge in [0.25, 0.3) is 0 Å². The fourth-order valence-corrected chi connectivity index (χ4v) is 2.14. The molecule has 0 amide bonds. The van der Waals surface area contributed by atoms with Gasteiger partial charge in [-0.2, -0.15) is 0 Å². The molecule has 1 heterocycles. The summed E-state index contributed by atoms with van der Waals surface area (Å²) in [4.78, 5) is 0. The molecule has 0 bridgehead atoms. The predicted molar refractivity (Wildman–Crippen MR) is 53.8 cm³/mol. The molecular formula is C12H16O. The fourth-order valence-electron chi connectivity index (χ4n) is 2.14. The number of benzene rings is 1. The molecule has 2 rings (SSSR count). The number of fused-ring (bicyclic) bond motifs is 1. The topological polar surface area (TPSA) is 9.23 Å². The average molecular weight is 176 g/mol. The van der Waals surface area contributed by atoms with Crippen LogP contribution in [0.15, 0.2) is 18.2 Å². The molecule has 1 unspecified atom stereocenters. The largest absolute Gasteiger partial charge is 0.371 e. The Bertz CT molecular complexity index is 317. The fraction of sp³-hybridized carbons (Fsp3) is 0.500. The first-order valence-electron chi connectivity index (χ1n) is 4.92. The van der Waals surface area contributed by atoms with Crippen molar-refractivity contribution in [3.63, 3.8) is 0 Å². The van der Waals surface area contributed by atoms with Crippen LogP contribution in [0, 0.1) is 6.92 Å². The van der Waals surface area contributed by atoms with E-state index in [1.807, 2.05) is 0 Å². The van der Waals surface area contributed by atoms with Gasteiger partial charge in [-0.3, -0.25) is 0 Å². The van der Waals surface area contributed by atoms with Crippen molar-refractivity contribution in [2.24, 2.45) is 0 Å². The van der Waals surface area contributed by atoms with Gasteiger partial charge in [0.1, 0.15) is 0 Å². The Morgan fingerprint density at radius 3 is 2.85 bits per heavy atom. The lowest BCUT2D eigenvalue weighted by Gasteiger charge is -2.29. The van der Waals surface area contributed by atoms with Gasteiger partial charge in [-0.25, -0.2) is 0 Å². The minimum Gasteiger partial charge on any atom is -0.371 e. The zero-order chi connectivity index (χ0) is 9.42. The Kier molecular flexibility index (Phi) is 2.12. The molecule has 1 heteroatoms. The van der Waals surface area contributed by atoms with Gasteiger partial charge in [0.15, 0.2) is 0 Å². The summed E-state index contributed by atoms with van der Waals surface area (Å²) in [6, 6.07) is 6.48. The summed E-state index contributed by atoms with van der Waals surface area (Å²) in [5.74, 6) is 0. The van der Waals surface area contributed by atoms with Crippen LogP contribution in [0.2, 0.25) is 0 Å². The molecule has 0 N–H and O–H groups in total. The Morgan fingerprint density at radius 1 is 1.31 bits per heavy atom. The summed E-state index contributed by atoms with van der Waals surface area (Å²) in [7, 11) is 0. The molecule has 13 heavy (non-hydrogen) atoms. The maximum absolute atomic E-state index is 5.77. The molecule has 0 spiro atoms. The highest BCUT2D eigenvalue weighted by Crippen LogP contribution is 2.31. The van der Waals surface area contributed by atoms with E-state index in [0.717, 1.165) is 6.42 Å². The van der Waals surface area contributed by atoms with Crippen LogP contribution in [-0.4, -0.2) is 6.10 Å². The van der Waals surface area contributed by atoms with Crippen molar-refractivity contribution < 1.29 is 4.74 Å². The molecule has 1 aliphatic heterocycles. The van der Waals surface area contributed by atoms with E-state index in [4.69, 9.17) is 4.74 Å². The summed E-state index contributed by atoms with van der Waals surface area (Å²) in [5.41, 5.74) is 4.27. The van der Waals surface area contributed by atoms with E-state index in [-0.39, 0.29) is 6.10 Å². The zero-order valence-corrected chi connectivity index (χ0v) is 8.50. The number of hydrogen-bond acceptors (Lipinski definition) is 1. The van der Waals surface area contributed by atoms with E-state index < -0.39 is 0 Å². The van der Waals surface area contributed by atoms with Crippen molar-refractivity contribution >= 4 is 0 Å². The lowest BCUT2D eigenvalue weighted by atomic mass is 9.92. The molecule has 0 saturated heterocycles. The van der Waals surface area contributed by atoms with Crippen molar-refractivity contribution in [1.82, 2.24) is 0 Å². The molecule has 2 atom stereocenters. The highest BCUT2D eigenvalue weighted by Gasteiger charge is 2.22. The van der Waals surface area contributed by atoms with Gasteiger partial charge in [0.2, 0.25) is 0 Å². The van der Waals surface area contributed by atoms with Crippen LogP contribution in [0.3, 0.4) is 0 Å². The smallest absolute Gasteiger partial charge is 0.0803 e. The standard InChI is InChI=1S/C12H16O/c1-8-5-4-6-11-10(3)13-9(2)7-12(8)11/h4-6,9-10H,7H2,1-3H3/t9-,10?/m1/s1. The molecule has 0 saturated carbocycles. The number of ether oxygens (including phenoxy) is 1. The molecule has 0 aromatic heterocycles. The van der Waals surface area contributed by atoms with Gasteiger partial charge in [-0.05, 0) is 43.9 Å². The van der Waals surface area contributed by atoms with E-state index in [1.54, 1.807) is 0 Å². The van der Waals surface area contributed by atoms with Gasteiger partial charge < -0.3 is 4.74 Å². The maximum Gasteiger partial charge on any atom is 0.0803 e. The van der Waals surface area contributed by atoms with Gasteiger partial charge in [-0.15, -0.1) is 0 Å². The van der Waals surface area contributed by atoms with Gasteiger partial charge >= 0.3 is 0 Å². The summed E-state index contributed by atoms with van der Waals surface area (Å²) >= 11 is 0. The van der Waals surface area contributed by atoms with Crippen LogP contribution in [0.25, 0.3) is 0 Å². The van der Waals surface area contributed by atoms with Crippen molar-refractivity contribution in [1.29, 1.82) is 0 Å². The molecule has 1 aromatic rings. The molecule has 0 radical (unpaired) electrons. The quantitative estimate of drug-likeness (QED) is 0.590. The van der Waals surface area contributed by atoms with Crippen LogP contribution in [0.1, 0.15) is 36.6 Å². The van der Waals surface area contributed by atoms with E-state index in [2.05, 4.69) is 39.0 Å². The lowest BCUT2D eigenvalue weighted by molar-refractivity contribution is -0.00487. The van der Waals surface area contributed by atoms with Gasteiger partial charge in [0, 0.05) is 0 Å². The summed E-state index contributed by atoms with van der Waals surface area (Å²) in [5, 5.41) is 0. The van der Waals surface area contributed by atoms with Gasteiger partial charge in [0.05, 0.1) is 12.2 Å². The molecule has 0 aliphatic carbocycles. The number of aryl methyl sites for hydroxylation is 1. The van der Waals surface area contributed by atoms with Crippen molar-refractivity contribution in [3.05, 3.63) is 34.9 Å². The van der Waals surface area contributed by atoms with E-state index in [9.17, 15) is 0 Å². The Balaban J connectivity index is 2.49. The third-order valence-corrected chi connectivity index (χ3v) is 2.81. The molecule has 70 valence electrons. The average Bonchev–Trinajstić information content (AvgIpc) is 2.07. The van der Waals surface area contributed by atoms with Crippen LogP contribution in [0.4, 0.5) is 0 Å². The Hall–Kier alpha value is -0.820. The normalized spacial score (nSPS) is 27.0. The Labute approximate surface area is 79.7 Å². The second-order valence-electron chi connectivity index (χ2n) is 3.94. The lowest BCUT2D eigenvalue weighted by Crippen LogP contribution is -2.22. The number of rotatable bonds is 0. The maximum atomic E-state index is 5.77. The van der Waals surface area contributed by atoms with Crippen LogP contribution in [-0.2, 0) is 11.2 Å². The monoisotopic (exact) mass is 176 g/mol. The SMILES string of the molecule is Cc1cccc2c1C[C@@H](C)OC2C. The molecule has 1 aromatic carbocycles.